The van der Waals surface area contributed by atoms with Gasteiger partial charge in [0.15, 0.2) is 0 Å². The fraction of sp³-hybridized carbons (Fsp3) is 0.500. The molecule has 10 nitrogen and oxygen atoms in total. The SMILES string of the molecule is CCn1ncc(CNC(=O)CCn2cc([N+](=O)[O-])c(OC)n2)c1C. The Morgan fingerprint density at radius 1 is 1.50 bits per heavy atom. The fourth-order valence-corrected chi connectivity index (χ4v) is 2.25. The molecule has 0 atom stereocenters. The minimum Gasteiger partial charge on any atom is -0.475 e. The largest absolute Gasteiger partial charge is 0.475 e. The Morgan fingerprint density at radius 2 is 2.25 bits per heavy atom. The lowest BCUT2D eigenvalue weighted by Gasteiger charge is -2.05. The lowest BCUT2D eigenvalue weighted by Crippen LogP contribution is -2.24. The molecule has 0 spiro atoms. The predicted molar refractivity (Wildman–Crippen MR) is 84.5 cm³/mol. The first-order valence-electron chi connectivity index (χ1n) is 7.50. The Bertz CT molecular complexity index is 736. The van der Waals surface area contributed by atoms with E-state index in [0.717, 1.165) is 17.8 Å². The van der Waals surface area contributed by atoms with Crippen molar-refractivity contribution in [1.29, 1.82) is 0 Å². The number of aromatic nitrogens is 4. The molecule has 2 aromatic rings. The van der Waals surface area contributed by atoms with Crippen LogP contribution in [0.4, 0.5) is 5.69 Å². The summed E-state index contributed by atoms with van der Waals surface area (Å²) in [5.41, 5.74) is 1.76. The second-order valence-electron chi connectivity index (χ2n) is 5.14. The van der Waals surface area contributed by atoms with Gasteiger partial charge in [-0.3, -0.25) is 24.3 Å². The van der Waals surface area contributed by atoms with Crippen LogP contribution >= 0.6 is 0 Å². The Balaban J connectivity index is 1.87. The highest BCUT2D eigenvalue weighted by atomic mass is 16.6. The smallest absolute Gasteiger partial charge is 0.350 e. The minimum absolute atomic E-state index is 0.0667. The highest BCUT2D eigenvalue weighted by molar-refractivity contribution is 5.75. The van der Waals surface area contributed by atoms with E-state index < -0.39 is 4.92 Å². The number of rotatable bonds is 8. The van der Waals surface area contributed by atoms with E-state index in [0.29, 0.717) is 6.54 Å². The van der Waals surface area contributed by atoms with Gasteiger partial charge in [-0.25, -0.2) is 0 Å². The molecular formula is C14H20N6O4. The molecule has 0 aromatic carbocycles. The molecule has 0 unspecified atom stereocenters. The van der Waals surface area contributed by atoms with Gasteiger partial charge in [-0.2, -0.15) is 5.10 Å². The topological polar surface area (TPSA) is 117 Å². The number of nitrogens with zero attached hydrogens (tertiary/aromatic N) is 5. The van der Waals surface area contributed by atoms with E-state index in [-0.39, 0.29) is 30.4 Å². The van der Waals surface area contributed by atoms with Gasteiger partial charge < -0.3 is 10.1 Å². The van der Waals surface area contributed by atoms with Crippen molar-refractivity contribution in [3.05, 3.63) is 33.8 Å². The van der Waals surface area contributed by atoms with Gasteiger partial charge in [-0.05, 0) is 13.8 Å². The van der Waals surface area contributed by atoms with Crippen molar-refractivity contribution in [3.8, 4) is 5.88 Å². The summed E-state index contributed by atoms with van der Waals surface area (Å²) in [6.45, 7) is 5.35. The van der Waals surface area contributed by atoms with Crippen LogP contribution in [-0.4, -0.2) is 37.5 Å². The quantitative estimate of drug-likeness (QED) is 0.568. The Labute approximate surface area is 138 Å². The van der Waals surface area contributed by atoms with Crippen LogP contribution in [0.25, 0.3) is 0 Å². The number of carbonyl (C=O) groups is 1. The summed E-state index contributed by atoms with van der Waals surface area (Å²) in [5, 5.41) is 21.8. The summed E-state index contributed by atoms with van der Waals surface area (Å²) in [5.74, 6) is -0.237. The zero-order chi connectivity index (χ0) is 17.7. The van der Waals surface area contributed by atoms with Crippen LogP contribution in [0.3, 0.4) is 0 Å². The fourth-order valence-electron chi connectivity index (χ4n) is 2.25. The van der Waals surface area contributed by atoms with E-state index in [1.54, 1.807) is 6.20 Å². The van der Waals surface area contributed by atoms with Gasteiger partial charge in [-0.1, -0.05) is 0 Å². The number of nitrogens with one attached hydrogen (secondary N) is 1. The summed E-state index contributed by atoms with van der Waals surface area (Å²) in [6, 6.07) is 0. The predicted octanol–water partition coefficient (Wildman–Crippen LogP) is 1.03. The van der Waals surface area contributed by atoms with Crippen LogP contribution in [0, 0.1) is 17.0 Å². The standard InChI is InChI=1S/C14H20N6O4/c1-4-19-10(2)11(8-16-19)7-15-13(21)5-6-18-9-12(20(22)23)14(17-18)24-3/h8-9H,4-7H2,1-3H3,(H,15,21). The van der Waals surface area contributed by atoms with Crippen LogP contribution in [-0.2, 0) is 24.4 Å². The molecule has 0 aliphatic carbocycles. The van der Waals surface area contributed by atoms with Crippen LogP contribution in [0.2, 0.25) is 0 Å². The van der Waals surface area contributed by atoms with Gasteiger partial charge in [0.2, 0.25) is 5.91 Å². The highest BCUT2D eigenvalue weighted by Gasteiger charge is 2.20. The normalized spacial score (nSPS) is 10.6. The van der Waals surface area contributed by atoms with Crippen LogP contribution in [0.15, 0.2) is 12.4 Å². The number of ether oxygens (including phenoxy) is 1. The van der Waals surface area contributed by atoms with Crippen LogP contribution < -0.4 is 10.1 Å². The molecule has 2 rings (SSSR count). The molecule has 0 aliphatic heterocycles. The lowest BCUT2D eigenvalue weighted by molar-refractivity contribution is -0.385. The molecule has 24 heavy (non-hydrogen) atoms. The maximum atomic E-state index is 11.9. The van der Waals surface area contributed by atoms with Gasteiger partial charge in [0.05, 0.1) is 24.8 Å². The van der Waals surface area contributed by atoms with E-state index in [2.05, 4.69) is 15.5 Å². The summed E-state index contributed by atoms with van der Waals surface area (Å²) in [7, 11) is 1.31. The van der Waals surface area contributed by atoms with Gasteiger partial charge in [0.1, 0.15) is 6.20 Å². The maximum Gasteiger partial charge on any atom is 0.350 e. The molecule has 0 aliphatic rings. The van der Waals surface area contributed by atoms with E-state index in [9.17, 15) is 14.9 Å². The summed E-state index contributed by atoms with van der Waals surface area (Å²) in [6.07, 6.45) is 3.14. The maximum absolute atomic E-state index is 11.9. The summed E-state index contributed by atoms with van der Waals surface area (Å²) >= 11 is 0. The molecule has 130 valence electrons. The van der Waals surface area contributed by atoms with Crippen molar-refractivity contribution in [2.24, 2.45) is 0 Å². The third-order valence-corrected chi connectivity index (χ3v) is 3.65. The van der Waals surface area contributed by atoms with E-state index in [1.165, 1.54) is 18.0 Å². The molecule has 0 radical (unpaired) electrons. The van der Waals surface area contributed by atoms with E-state index in [1.807, 2.05) is 18.5 Å². The van der Waals surface area contributed by atoms with Crippen LogP contribution in [0.5, 0.6) is 5.88 Å². The Hall–Kier alpha value is -2.91. The average molecular weight is 336 g/mol. The van der Waals surface area contributed by atoms with Gasteiger partial charge in [0.25, 0.3) is 0 Å². The number of hydrogen-bond donors (Lipinski definition) is 1. The first kappa shape index (κ1) is 17.4. The molecule has 1 N–H and O–H groups in total. The number of amides is 1. The first-order chi connectivity index (χ1) is 11.5. The molecule has 2 heterocycles. The zero-order valence-electron chi connectivity index (χ0n) is 13.9. The molecule has 1 amide bonds. The van der Waals surface area contributed by atoms with Gasteiger partial charge >= 0.3 is 11.6 Å². The second-order valence-corrected chi connectivity index (χ2v) is 5.14. The van der Waals surface area contributed by atoms with E-state index >= 15 is 0 Å². The van der Waals surface area contributed by atoms with Crippen molar-refractivity contribution in [3.63, 3.8) is 0 Å². The molecule has 0 fully saturated rings. The summed E-state index contributed by atoms with van der Waals surface area (Å²) in [4.78, 5) is 22.2. The van der Waals surface area contributed by atoms with E-state index in [4.69, 9.17) is 4.74 Å². The molecule has 0 saturated carbocycles. The third-order valence-electron chi connectivity index (χ3n) is 3.65. The van der Waals surface area contributed by atoms with Crippen molar-refractivity contribution < 1.29 is 14.5 Å². The molecule has 0 saturated heterocycles. The monoisotopic (exact) mass is 336 g/mol. The first-order valence-corrected chi connectivity index (χ1v) is 7.50. The average Bonchev–Trinajstić information content (AvgIpc) is 3.14. The summed E-state index contributed by atoms with van der Waals surface area (Å²) < 4.78 is 8.03. The highest BCUT2D eigenvalue weighted by Crippen LogP contribution is 2.23. The Kier molecular flexibility index (Phi) is 5.51. The Morgan fingerprint density at radius 3 is 2.79 bits per heavy atom. The van der Waals surface area contributed by atoms with Crippen molar-refractivity contribution in [1.82, 2.24) is 24.9 Å². The number of methoxy groups -OCH3 is 1. The van der Waals surface area contributed by atoms with Crippen molar-refractivity contribution in [2.75, 3.05) is 7.11 Å². The number of carbonyl (C=O) groups excluding carboxylic acids is 1. The van der Waals surface area contributed by atoms with Gasteiger partial charge in [-0.15, -0.1) is 5.10 Å². The number of aryl methyl sites for hydroxylation is 2. The molecular weight excluding hydrogens is 316 g/mol. The lowest BCUT2D eigenvalue weighted by atomic mass is 10.2. The number of hydrogen-bond acceptors (Lipinski definition) is 6. The minimum atomic E-state index is -0.573. The van der Waals surface area contributed by atoms with Gasteiger partial charge in [0, 0.05) is 30.8 Å². The second kappa shape index (κ2) is 7.57. The number of nitro groups is 1. The molecule has 0 bridgehead atoms. The molecule has 2 aromatic heterocycles. The van der Waals surface area contributed by atoms with Crippen LogP contribution in [0.1, 0.15) is 24.6 Å². The van der Waals surface area contributed by atoms with Crippen molar-refractivity contribution >= 4 is 11.6 Å². The molecule has 10 heteroatoms. The zero-order valence-corrected chi connectivity index (χ0v) is 13.9. The van der Waals surface area contributed by atoms with Crippen molar-refractivity contribution in [2.45, 2.75) is 39.9 Å². The third kappa shape index (κ3) is 3.89.